The number of rotatable bonds is 3. The molecule has 7 nitrogen and oxygen atoms in total. The maximum Gasteiger partial charge on any atom is 0.222 e. The largest absolute Gasteiger partial charge is 0.496 e. The lowest BCUT2D eigenvalue weighted by Crippen LogP contribution is -2.06. The van der Waals surface area contributed by atoms with E-state index in [1.807, 2.05) is 13.0 Å². The van der Waals surface area contributed by atoms with E-state index in [1.165, 1.54) is 7.11 Å². The molecule has 108 valence electrons. The number of aromatic nitrogens is 2. The molecule has 0 radical (unpaired) electrons. The Hall–Kier alpha value is -3.01. The van der Waals surface area contributed by atoms with E-state index in [-0.39, 0.29) is 17.3 Å². The summed E-state index contributed by atoms with van der Waals surface area (Å²) >= 11 is 0. The summed E-state index contributed by atoms with van der Waals surface area (Å²) in [6, 6.07) is 5.52. The van der Waals surface area contributed by atoms with Crippen molar-refractivity contribution in [3.8, 4) is 28.8 Å². The normalized spacial score (nSPS) is 10.0. The molecule has 0 bridgehead atoms. The molecule has 0 fully saturated rings. The highest BCUT2D eigenvalue weighted by Crippen LogP contribution is 2.37. The number of ether oxygens (including phenoxy) is 2. The van der Waals surface area contributed by atoms with Crippen LogP contribution in [0.2, 0.25) is 0 Å². The third-order valence-corrected chi connectivity index (χ3v) is 3.04. The second kappa shape index (κ2) is 5.54. The molecule has 2 aromatic rings. The second-order valence-corrected chi connectivity index (χ2v) is 4.32. The summed E-state index contributed by atoms with van der Waals surface area (Å²) in [6.07, 6.45) is 0. The van der Waals surface area contributed by atoms with E-state index in [0.29, 0.717) is 22.8 Å². The van der Waals surface area contributed by atoms with Crippen molar-refractivity contribution in [2.24, 2.45) is 0 Å². The molecule has 2 rings (SSSR count). The molecule has 0 amide bonds. The maximum atomic E-state index is 9.27. The van der Waals surface area contributed by atoms with Crippen LogP contribution in [0.5, 0.6) is 11.5 Å². The Morgan fingerprint density at radius 1 is 1.10 bits per heavy atom. The molecular formula is C14H15N5O2. The number of nitrogen functional groups attached to an aromatic ring is 2. The van der Waals surface area contributed by atoms with Gasteiger partial charge in [-0.05, 0) is 24.6 Å². The van der Waals surface area contributed by atoms with Crippen LogP contribution in [-0.2, 0) is 0 Å². The van der Waals surface area contributed by atoms with Crippen molar-refractivity contribution < 1.29 is 9.47 Å². The second-order valence-electron chi connectivity index (χ2n) is 4.32. The number of aryl methyl sites for hydroxylation is 1. The van der Waals surface area contributed by atoms with Crippen molar-refractivity contribution in [1.82, 2.24) is 9.97 Å². The highest BCUT2D eigenvalue weighted by atomic mass is 16.5. The van der Waals surface area contributed by atoms with Gasteiger partial charge in [0, 0.05) is 5.56 Å². The van der Waals surface area contributed by atoms with E-state index < -0.39 is 0 Å². The Morgan fingerprint density at radius 3 is 2.33 bits per heavy atom. The summed E-state index contributed by atoms with van der Waals surface area (Å²) < 4.78 is 10.6. The highest BCUT2D eigenvalue weighted by Gasteiger charge is 2.18. The van der Waals surface area contributed by atoms with Crippen LogP contribution in [-0.4, -0.2) is 24.2 Å². The number of nitrogens with zero attached hydrogens (tertiary/aromatic N) is 3. The van der Waals surface area contributed by atoms with Crippen LogP contribution in [0, 0.1) is 18.3 Å². The van der Waals surface area contributed by atoms with E-state index in [4.69, 9.17) is 20.9 Å². The predicted octanol–water partition coefficient (Wildman–Crippen LogP) is 1.51. The van der Waals surface area contributed by atoms with Crippen LogP contribution in [0.15, 0.2) is 12.1 Å². The topological polar surface area (TPSA) is 120 Å². The molecule has 0 aliphatic carbocycles. The molecule has 4 N–H and O–H groups in total. The third-order valence-electron chi connectivity index (χ3n) is 3.04. The Bertz CT molecular complexity index is 737. The molecule has 7 heteroatoms. The van der Waals surface area contributed by atoms with E-state index in [1.54, 1.807) is 19.2 Å². The van der Waals surface area contributed by atoms with E-state index in [0.717, 1.165) is 5.56 Å². The molecule has 0 atom stereocenters. The standard InChI is InChI=1S/C14H15N5O2/c1-7-4-11(21-3)8(5-10(7)20-2)12-9(6-15)13(16)19-14(17)18-12/h4-5H,1-3H3,(H4,16,17,18,19). The summed E-state index contributed by atoms with van der Waals surface area (Å²) in [4.78, 5) is 7.91. The van der Waals surface area contributed by atoms with Gasteiger partial charge in [-0.3, -0.25) is 0 Å². The maximum absolute atomic E-state index is 9.27. The molecule has 0 unspecified atom stereocenters. The lowest BCUT2D eigenvalue weighted by atomic mass is 10.0. The van der Waals surface area contributed by atoms with Gasteiger partial charge in [-0.1, -0.05) is 0 Å². The molecule has 1 heterocycles. The van der Waals surface area contributed by atoms with Gasteiger partial charge in [0.2, 0.25) is 5.95 Å². The predicted molar refractivity (Wildman–Crippen MR) is 78.8 cm³/mol. The summed E-state index contributed by atoms with van der Waals surface area (Å²) in [7, 11) is 3.09. The zero-order valence-electron chi connectivity index (χ0n) is 12.0. The lowest BCUT2D eigenvalue weighted by Gasteiger charge is -2.14. The van der Waals surface area contributed by atoms with Gasteiger partial charge in [0.25, 0.3) is 0 Å². The molecule has 0 spiro atoms. The molecule has 1 aromatic carbocycles. The summed E-state index contributed by atoms with van der Waals surface area (Å²) in [5, 5.41) is 9.27. The molecule has 1 aromatic heterocycles. The lowest BCUT2D eigenvalue weighted by molar-refractivity contribution is 0.401. The first-order valence-electron chi connectivity index (χ1n) is 6.07. The van der Waals surface area contributed by atoms with Gasteiger partial charge in [0.05, 0.1) is 19.9 Å². The summed E-state index contributed by atoms with van der Waals surface area (Å²) in [5.41, 5.74) is 13.3. The van der Waals surface area contributed by atoms with Crippen LogP contribution in [0.1, 0.15) is 11.1 Å². The number of nitriles is 1. The molecule has 21 heavy (non-hydrogen) atoms. The fraction of sp³-hybridized carbons (Fsp3) is 0.214. The Morgan fingerprint density at radius 2 is 1.76 bits per heavy atom. The monoisotopic (exact) mass is 285 g/mol. The van der Waals surface area contributed by atoms with Gasteiger partial charge in [-0.15, -0.1) is 0 Å². The smallest absolute Gasteiger partial charge is 0.222 e. The minimum absolute atomic E-state index is 0.0110. The fourth-order valence-electron chi connectivity index (χ4n) is 2.04. The van der Waals surface area contributed by atoms with Crippen molar-refractivity contribution >= 4 is 11.8 Å². The molecule has 0 saturated carbocycles. The first-order valence-corrected chi connectivity index (χ1v) is 6.07. The van der Waals surface area contributed by atoms with Gasteiger partial charge >= 0.3 is 0 Å². The first kappa shape index (κ1) is 14.4. The average molecular weight is 285 g/mol. The summed E-state index contributed by atoms with van der Waals surface area (Å²) in [5.74, 6) is 1.21. The Labute approximate surface area is 122 Å². The van der Waals surface area contributed by atoms with Crippen molar-refractivity contribution in [1.29, 1.82) is 5.26 Å². The van der Waals surface area contributed by atoms with Gasteiger partial charge in [0.15, 0.2) is 0 Å². The number of nitrogens with two attached hydrogens (primary N) is 2. The van der Waals surface area contributed by atoms with Crippen LogP contribution in [0.4, 0.5) is 11.8 Å². The number of hydrogen-bond donors (Lipinski definition) is 2. The van der Waals surface area contributed by atoms with Gasteiger partial charge in [-0.2, -0.15) is 10.2 Å². The zero-order valence-corrected chi connectivity index (χ0v) is 12.0. The molecular weight excluding hydrogens is 270 g/mol. The average Bonchev–Trinajstić information content (AvgIpc) is 2.46. The zero-order chi connectivity index (χ0) is 15.6. The molecule has 0 aliphatic rings. The number of benzene rings is 1. The Kier molecular flexibility index (Phi) is 3.80. The van der Waals surface area contributed by atoms with Crippen molar-refractivity contribution in [3.63, 3.8) is 0 Å². The van der Waals surface area contributed by atoms with E-state index in [2.05, 4.69) is 9.97 Å². The highest BCUT2D eigenvalue weighted by molar-refractivity contribution is 5.78. The van der Waals surface area contributed by atoms with Gasteiger partial charge in [0.1, 0.15) is 28.9 Å². The van der Waals surface area contributed by atoms with Crippen LogP contribution >= 0.6 is 0 Å². The third kappa shape index (κ3) is 2.51. The number of hydrogen-bond acceptors (Lipinski definition) is 7. The van der Waals surface area contributed by atoms with Crippen molar-refractivity contribution in [2.75, 3.05) is 25.7 Å². The van der Waals surface area contributed by atoms with Gasteiger partial charge in [-0.25, -0.2) is 4.98 Å². The number of anilines is 2. The van der Waals surface area contributed by atoms with Crippen LogP contribution in [0.25, 0.3) is 11.3 Å². The Balaban J connectivity index is 2.81. The van der Waals surface area contributed by atoms with E-state index in [9.17, 15) is 5.26 Å². The van der Waals surface area contributed by atoms with Crippen LogP contribution < -0.4 is 20.9 Å². The molecule has 0 aliphatic heterocycles. The summed E-state index contributed by atoms with van der Waals surface area (Å²) in [6.45, 7) is 1.89. The van der Waals surface area contributed by atoms with Crippen LogP contribution in [0.3, 0.4) is 0 Å². The van der Waals surface area contributed by atoms with Gasteiger partial charge < -0.3 is 20.9 Å². The minimum Gasteiger partial charge on any atom is -0.496 e. The van der Waals surface area contributed by atoms with Crippen molar-refractivity contribution in [3.05, 3.63) is 23.3 Å². The number of methoxy groups -OCH3 is 2. The SMILES string of the molecule is COc1cc(-c2nc(N)nc(N)c2C#N)c(OC)cc1C. The van der Waals surface area contributed by atoms with Crippen molar-refractivity contribution in [2.45, 2.75) is 6.92 Å². The minimum atomic E-state index is -0.0110. The quantitative estimate of drug-likeness (QED) is 0.876. The first-order chi connectivity index (χ1) is 10.0. The molecule has 0 saturated heterocycles. The van der Waals surface area contributed by atoms with E-state index >= 15 is 0 Å². The fourth-order valence-corrected chi connectivity index (χ4v) is 2.04.